The zero-order valence-corrected chi connectivity index (χ0v) is 17.1. The van der Waals surface area contributed by atoms with E-state index >= 15 is 0 Å². The highest BCUT2D eigenvalue weighted by molar-refractivity contribution is 6.06. The van der Waals surface area contributed by atoms with E-state index in [-0.39, 0.29) is 40.6 Å². The summed E-state index contributed by atoms with van der Waals surface area (Å²) < 4.78 is 17.4. The molecule has 0 aliphatic carbocycles. The molecule has 0 fully saturated rings. The van der Waals surface area contributed by atoms with Gasteiger partial charge in [-0.2, -0.15) is 5.10 Å². The fourth-order valence-corrected chi connectivity index (χ4v) is 3.65. The second-order valence-electron chi connectivity index (χ2n) is 6.99. The zero-order chi connectivity index (χ0) is 22.3. The Morgan fingerprint density at radius 3 is 2.65 bits per heavy atom. The van der Waals surface area contributed by atoms with Crippen molar-refractivity contribution in [1.29, 1.82) is 0 Å². The number of hydrogen-bond donors (Lipinski definition) is 2. The molecule has 1 amide bonds. The van der Waals surface area contributed by atoms with Gasteiger partial charge >= 0.3 is 5.63 Å². The molecule has 0 bridgehead atoms. The summed E-state index contributed by atoms with van der Waals surface area (Å²) in [6.07, 6.45) is 1.53. The van der Waals surface area contributed by atoms with E-state index in [2.05, 4.69) is 10.1 Å². The van der Waals surface area contributed by atoms with Gasteiger partial charge in [0.2, 0.25) is 0 Å². The van der Waals surface area contributed by atoms with Crippen molar-refractivity contribution in [1.82, 2.24) is 9.78 Å². The number of aliphatic imine (C=N–C) groups is 1. The summed E-state index contributed by atoms with van der Waals surface area (Å²) in [6.45, 7) is 1.56. The maximum absolute atomic E-state index is 12.5. The molecular formula is C21H20N4O6. The van der Waals surface area contributed by atoms with Gasteiger partial charge in [-0.1, -0.05) is 6.07 Å². The smallest absolute Gasteiger partial charge is 0.348 e. The van der Waals surface area contributed by atoms with Crippen molar-refractivity contribution < 1.29 is 23.8 Å². The second kappa shape index (κ2) is 7.63. The SMILES string of the molecule is COc1ccc(C2CC(c3c(O)cc(C)oc3=O)=Nc3c(C(N)=O)cnn32)cc1OC. The molecule has 3 N–H and O–H groups in total. The molecule has 1 aliphatic heterocycles. The van der Waals surface area contributed by atoms with Gasteiger partial charge in [0.15, 0.2) is 17.3 Å². The normalized spacial score (nSPS) is 15.2. The number of aromatic nitrogens is 2. The maximum atomic E-state index is 12.5. The van der Waals surface area contributed by atoms with Gasteiger partial charge < -0.3 is 24.7 Å². The van der Waals surface area contributed by atoms with Crippen molar-refractivity contribution in [3.05, 3.63) is 63.3 Å². The topological polar surface area (TPSA) is 142 Å². The van der Waals surface area contributed by atoms with Gasteiger partial charge in [-0.05, 0) is 24.6 Å². The first-order chi connectivity index (χ1) is 14.8. The van der Waals surface area contributed by atoms with Crippen molar-refractivity contribution in [2.45, 2.75) is 19.4 Å². The van der Waals surface area contributed by atoms with Gasteiger partial charge in [-0.3, -0.25) is 4.79 Å². The van der Waals surface area contributed by atoms with Crippen molar-refractivity contribution in [2.75, 3.05) is 14.2 Å². The number of amides is 1. The third kappa shape index (κ3) is 3.41. The van der Waals surface area contributed by atoms with Crippen LogP contribution in [0.3, 0.4) is 0 Å². The van der Waals surface area contributed by atoms with E-state index in [9.17, 15) is 14.7 Å². The molecule has 2 aromatic heterocycles. The number of methoxy groups -OCH3 is 2. The van der Waals surface area contributed by atoms with E-state index in [1.54, 1.807) is 23.7 Å². The minimum atomic E-state index is -0.726. The minimum Gasteiger partial charge on any atom is -0.507 e. The van der Waals surface area contributed by atoms with Crippen LogP contribution < -0.4 is 20.8 Å². The van der Waals surface area contributed by atoms with Crippen molar-refractivity contribution >= 4 is 17.4 Å². The number of hydrogen-bond acceptors (Lipinski definition) is 8. The lowest BCUT2D eigenvalue weighted by Crippen LogP contribution is -2.25. The Morgan fingerprint density at radius 2 is 2.00 bits per heavy atom. The number of ether oxygens (including phenoxy) is 2. The van der Waals surface area contributed by atoms with Crippen LogP contribution in [0.1, 0.15) is 39.7 Å². The lowest BCUT2D eigenvalue weighted by atomic mass is 9.95. The summed E-state index contributed by atoms with van der Waals surface area (Å²) in [5.74, 6) is 0.538. The van der Waals surface area contributed by atoms with Crippen LogP contribution in [0.2, 0.25) is 0 Å². The predicted octanol–water partition coefficient (Wildman–Crippen LogP) is 2.08. The lowest BCUT2D eigenvalue weighted by molar-refractivity contribution is 0.100. The minimum absolute atomic E-state index is 0.0704. The maximum Gasteiger partial charge on any atom is 0.348 e. The molecule has 1 aromatic carbocycles. The standard InChI is InChI=1S/C21H20N4O6/c1-10-6-15(26)18(21(28)31-10)13-8-14(11-4-5-16(29-2)17(7-11)30-3)25-20(24-13)12(9-23-25)19(22)27/h4-7,9,14,26H,8H2,1-3H3,(H2,22,27). The zero-order valence-electron chi connectivity index (χ0n) is 17.1. The van der Waals surface area contributed by atoms with Crippen LogP contribution >= 0.6 is 0 Å². The van der Waals surface area contributed by atoms with Crippen LogP contribution in [0.4, 0.5) is 5.82 Å². The highest BCUT2D eigenvalue weighted by atomic mass is 16.5. The first-order valence-electron chi connectivity index (χ1n) is 9.35. The van der Waals surface area contributed by atoms with E-state index in [1.807, 2.05) is 6.07 Å². The molecule has 0 saturated carbocycles. The number of aromatic hydroxyl groups is 1. The number of aryl methyl sites for hydroxylation is 1. The molecule has 0 radical (unpaired) electrons. The van der Waals surface area contributed by atoms with E-state index < -0.39 is 17.6 Å². The predicted molar refractivity (Wildman–Crippen MR) is 111 cm³/mol. The average molecular weight is 424 g/mol. The molecule has 3 heterocycles. The summed E-state index contributed by atoms with van der Waals surface area (Å²) in [7, 11) is 3.06. The number of primary amides is 1. The number of rotatable bonds is 5. The van der Waals surface area contributed by atoms with Gasteiger partial charge in [-0.15, -0.1) is 0 Å². The Kier molecular flexibility index (Phi) is 4.97. The van der Waals surface area contributed by atoms with E-state index in [1.165, 1.54) is 26.5 Å². The third-order valence-corrected chi connectivity index (χ3v) is 5.09. The molecule has 10 nitrogen and oxygen atoms in total. The third-order valence-electron chi connectivity index (χ3n) is 5.09. The van der Waals surface area contributed by atoms with Crippen molar-refractivity contribution in [3.8, 4) is 17.2 Å². The molecule has 10 heteroatoms. The summed E-state index contributed by atoms with van der Waals surface area (Å²) in [6, 6.07) is 6.22. The lowest BCUT2D eigenvalue weighted by Gasteiger charge is -2.25. The Labute approximate surface area is 176 Å². The van der Waals surface area contributed by atoms with Crippen LogP contribution in [0.25, 0.3) is 0 Å². The summed E-state index contributed by atoms with van der Waals surface area (Å²) in [4.78, 5) is 28.9. The number of nitrogens with two attached hydrogens (primary N) is 1. The Hall–Kier alpha value is -4.08. The monoisotopic (exact) mass is 424 g/mol. The number of carbonyl (C=O) groups is 1. The van der Waals surface area contributed by atoms with Crippen LogP contribution in [-0.4, -0.2) is 40.7 Å². The van der Waals surface area contributed by atoms with Crippen molar-refractivity contribution in [3.63, 3.8) is 0 Å². The Morgan fingerprint density at radius 1 is 1.26 bits per heavy atom. The van der Waals surface area contributed by atoms with E-state index in [0.29, 0.717) is 11.5 Å². The van der Waals surface area contributed by atoms with Crippen LogP contribution in [0, 0.1) is 6.92 Å². The first kappa shape index (κ1) is 20.2. The largest absolute Gasteiger partial charge is 0.507 e. The second-order valence-corrected chi connectivity index (χ2v) is 6.99. The molecule has 31 heavy (non-hydrogen) atoms. The van der Waals surface area contributed by atoms with E-state index in [4.69, 9.17) is 19.6 Å². The van der Waals surface area contributed by atoms with Gasteiger partial charge in [0, 0.05) is 12.5 Å². The quantitative estimate of drug-likeness (QED) is 0.638. The fraction of sp³-hybridized carbons (Fsp3) is 0.238. The van der Waals surface area contributed by atoms with Crippen LogP contribution in [0.5, 0.6) is 17.2 Å². The van der Waals surface area contributed by atoms with Crippen molar-refractivity contribution in [2.24, 2.45) is 10.7 Å². The van der Waals surface area contributed by atoms with Gasteiger partial charge in [0.1, 0.15) is 22.6 Å². The molecule has 1 unspecified atom stereocenters. The Balaban J connectivity index is 1.92. The molecule has 160 valence electrons. The van der Waals surface area contributed by atoms with E-state index in [0.717, 1.165) is 5.56 Å². The molecule has 1 atom stereocenters. The molecule has 3 aromatic rings. The molecule has 0 saturated heterocycles. The highest BCUT2D eigenvalue weighted by Gasteiger charge is 2.32. The molecule has 0 spiro atoms. The number of carbonyl (C=O) groups excluding carboxylic acids is 1. The summed E-state index contributed by atoms with van der Waals surface area (Å²) in [5.41, 5.74) is 5.80. The number of nitrogens with zero attached hydrogens (tertiary/aromatic N) is 3. The van der Waals surface area contributed by atoms with Gasteiger partial charge in [0.05, 0.1) is 32.2 Å². The number of fused-ring (bicyclic) bond motifs is 1. The van der Waals surface area contributed by atoms with Crippen LogP contribution in [0.15, 0.2) is 44.7 Å². The van der Waals surface area contributed by atoms with Crippen LogP contribution in [-0.2, 0) is 0 Å². The van der Waals surface area contributed by atoms with Gasteiger partial charge in [-0.25, -0.2) is 14.5 Å². The molecular weight excluding hydrogens is 404 g/mol. The highest BCUT2D eigenvalue weighted by Crippen LogP contribution is 2.39. The summed E-state index contributed by atoms with van der Waals surface area (Å²) >= 11 is 0. The fourth-order valence-electron chi connectivity index (χ4n) is 3.65. The molecule has 1 aliphatic rings. The summed E-state index contributed by atoms with van der Waals surface area (Å²) in [5, 5.41) is 14.7. The Bertz CT molecular complexity index is 1270. The average Bonchev–Trinajstić information content (AvgIpc) is 3.16. The van der Waals surface area contributed by atoms with Gasteiger partial charge in [0.25, 0.3) is 5.91 Å². The molecule has 4 rings (SSSR count). The number of benzene rings is 1. The first-order valence-corrected chi connectivity index (χ1v) is 9.35.